The van der Waals surface area contributed by atoms with E-state index in [1.807, 2.05) is 0 Å². The number of amides is 2. The maximum Gasteiger partial charge on any atom is 0.416 e. The van der Waals surface area contributed by atoms with E-state index in [1.165, 1.54) is 13.2 Å². The van der Waals surface area contributed by atoms with Crippen molar-refractivity contribution in [2.45, 2.75) is 83.6 Å². The van der Waals surface area contributed by atoms with Gasteiger partial charge in [-0.05, 0) is 64.6 Å². The molecule has 0 bridgehead atoms. The predicted molar refractivity (Wildman–Crippen MR) is 122 cm³/mol. The van der Waals surface area contributed by atoms with Crippen LogP contribution in [-0.2, 0) is 15.8 Å². The zero-order chi connectivity index (χ0) is 24.8. The Hall–Kier alpha value is -2.29. The first kappa shape index (κ1) is 27.0. The molecule has 33 heavy (non-hydrogen) atoms. The molecule has 1 saturated carbocycles. The molecule has 0 saturated heterocycles. The molecular weight excluding hydrogens is 435 g/mol. The standard InChI is InChI=1S/C24H36F3N3O3/c1-6-7-16-10-19(30(4)15(2)3)8-9-21(16)29-23(32)14-22(31)28-18-11-17(24(25,26)27)12-20(13-18)33-5/h11-13,15-16,19,21H,6-10,14H2,1-5H3,(H,28,31)(H,29,32)/t16-,19+,21+/m1/s1. The van der Waals surface area contributed by atoms with Gasteiger partial charge in [0.2, 0.25) is 11.8 Å². The lowest BCUT2D eigenvalue weighted by Crippen LogP contribution is -2.49. The van der Waals surface area contributed by atoms with Crippen molar-refractivity contribution in [3.05, 3.63) is 23.8 Å². The Kier molecular flexibility index (Phi) is 9.57. The summed E-state index contributed by atoms with van der Waals surface area (Å²) in [4.78, 5) is 27.3. The molecule has 1 aromatic rings. The van der Waals surface area contributed by atoms with Crippen LogP contribution < -0.4 is 15.4 Å². The minimum absolute atomic E-state index is 0.00397. The Morgan fingerprint density at radius 1 is 1.18 bits per heavy atom. The Morgan fingerprint density at radius 3 is 2.45 bits per heavy atom. The fourth-order valence-corrected chi connectivity index (χ4v) is 4.47. The van der Waals surface area contributed by atoms with Gasteiger partial charge in [-0.1, -0.05) is 13.3 Å². The molecule has 0 heterocycles. The van der Waals surface area contributed by atoms with Crippen LogP contribution in [0.2, 0.25) is 0 Å². The number of benzene rings is 1. The summed E-state index contributed by atoms with van der Waals surface area (Å²) < 4.78 is 44.1. The number of ether oxygens (including phenoxy) is 1. The van der Waals surface area contributed by atoms with Crippen molar-refractivity contribution in [3.63, 3.8) is 0 Å². The lowest BCUT2D eigenvalue weighted by Gasteiger charge is -2.41. The largest absolute Gasteiger partial charge is 0.497 e. The van der Waals surface area contributed by atoms with Crippen LogP contribution in [0.1, 0.15) is 64.9 Å². The minimum atomic E-state index is -4.58. The highest BCUT2D eigenvalue weighted by molar-refractivity contribution is 6.03. The van der Waals surface area contributed by atoms with Crippen LogP contribution in [0.4, 0.5) is 18.9 Å². The molecule has 1 fully saturated rings. The highest BCUT2D eigenvalue weighted by Gasteiger charge is 2.34. The van der Waals surface area contributed by atoms with E-state index in [4.69, 9.17) is 4.74 Å². The van der Waals surface area contributed by atoms with E-state index in [0.29, 0.717) is 18.0 Å². The fourth-order valence-electron chi connectivity index (χ4n) is 4.47. The number of hydrogen-bond acceptors (Lipinski definition) is 4. The molecular formula is C24H36F3N3O3. The number of rotatable bonds is 9. The van der Waals surface area contributed by atoms with Crippen molar-refractivity contribution in [1.82, 2.24) is 10.2 Å². The van der Waals surface area contributed by atoms with Gasteiger partial charge in [0.15, 0.2) is 0 Å². The first-order valence-electron chi connectivity index (χ1n) is 11.5. The van der Waals surface area contributed by atoms with E-state index in [0.717, 1.165) is 44.2 Å². The van der Waals surface area contributed by atoms with Crippen molar-refractivity contribution in [2.75, 3.05) is 19.5 Å². The number of hydrogen-bond donors (Lipinski definition) is 2. The van der Waals surface area contributed by atoms with Crippen LogP contribution in [0.15, 0.2) is 18.2 Å². The topological polar surface area (TPSA) is 70.7 Å². The van der Waals surface area contributed by atoms with Crippen LogP contribution >= 0.6 is 0 Å². The van der Waals surface area contributed by atoms with E-state index in [-0.39, 0.29) is 17.5 Å². The summed E-state index contributed by atoms with van der Waals surface area (Å²) >= 11 is 0. The summed E-state index contributed by atoms with van der Waals surface area (Å²) in [6.07, 6.45) is -0.244. The van der Waals surface area contributed by atoms with Crippen molar-refractivity contribution >= 4 is 17.5 Å². The van der Waals surface area contributed by atoms with Gasteiger partial charge in [0.25, 0.3) is 0 Å². The van der Waals surface area contributed by atoms with Gasteiger partial charge in [-0.3, -0.25) is 9.59 Å². The van der Waals surface area contributed by atoms with Crippen molar-refractivity contribution in [2.24, 2.45) is 5.92 Å². The monoisotopic (exact) mass is 471 g/mol. The van der Waals surface area contributed by atoms with Gasteiger partial charge >= 0.3 is 6.18 Å². The summed E-state index contributed by atoms with van der Waals surface area (Å²) in [5.41, 5.74) is -1.01. The maximum atomic E-state index is 13.1. The van der Waals surface area contributed by atoms with E-state index < -0.39 is 30.0 Å². The van der Waals surface area contributed by atoms with E-state index >= 15 is 0 Å². The summed E-state index contributed by atoms with van der Waals surface area (Å²) in [5, 5.41) is 5.38. The lowest BCUT2D eigenvalue weighted by molar-refractivity contribution is -0.137. The SMILES string of the molecule is CCC[C@@H]1C[C@@H](N(C)C(C)C)CC[C@@H]1NC(=O)CC(=O)Nc1cc(OC)cc(C(F)(F)F)c1. The van der Waals surface area contributed by atoms with Crippen molar-refractivity contribution in [1.29, 1.82) is 0 Å². The predicted octanol–water partition coefficient (Wildman–Crippen LogP) is 4.84. The van der Waals surface area contributed by atoms with Gasteiger partial charge in [-0.2, -0.15) is 13.2 Å². The average Bonchev–Trinajstić information content (AvgIpc) is 2.73. The summed E-state index contributed by atoms with van der Waals surface area (Å²) in [7, 11) is 3.37. The molecule has 0 unspecified atom stereocenters. The second-order valence-electron chi connectivity index (χ2n) is 9.12. The van der Waals surface area contributed by atoms with Crippen LogP contribution in [-0.4, -0.2) is 49.0 Å². The van der Waals surface area contributed by atoms with Crippen LogP contribution in [0.25, 0.3) is 0 Å². The molecule has 9 heteroatoms. The first-order valence-corrected chi connectivity index (χ1v) is 11.5. The zero-order valence-corrected chi connectivity index (χ0v) is 20.1. The number of methoxy groups -OCH3 is 1. The third kappa shape index (κ3) is 7.91. The fraction of sp³-hybridized carbons (Fsp3) is 0.667. The zero-order valence-electron chi connectivity index (χ0n) is 20.1. The van der Waals surface area contributed by atoms with Gasteiger partial charge < -0.3 is 20.3 Å². The maximum absolute atomic E-state index is 13.1. The highest BCUT2D eigenvalue weighted by atomic mass is 19.4. The van der Waals surface area contributed by atoms with Gasteiger partial charge in [0.1, 0.15) is 12.2 Å². The third-order valence-electron chi connectivity index (χ3n) is 6.43. The summed E-state index contributed by atoms with van der Waals surface area (Å²) in [6.45, 7) is 6.45. The van der Waals surface area contributed by atoms with Gasteiger partial charge in [0, 0.05) is 29.9 Å². The van der Waals surface area contributed by atoms with E-state index in [9.17, 15) is 22.8 Å². The molecule has 186 valence electrons. The van der Waals surface area contributed by atoms with Crippen molar-refractivity contribution < 1.29 is 27.5 Å². The molecule has 0 aliphatic heterocycles. The average molecular weight is 472 g/mol. The Labute approximate surface area is 194 Å². The second kappa shape index (κ2) is 11.7. The lowest BCUT2D eigenvalue weighted by atomic mass is 9.78. The molecule has 1 aliphatic carbocycles. The van der Waals surface area contributed by atoms with E-state index in [1.54, 1.807) is 0 Å². The molecule has 2 N–H and O–H groups in total. The number of carbonyl (C=O) groups excluding carboxylic acids is 2. The molecule has 0 radical (unpaired) electrons. The molecule has 2 amide bonds. The second-order valence-corrected chi connectivity index (χ2v) is 9.12. The Bertz CT molecular complexity index is 814. The molecule has 0 aromatic heterocycles. The Balaban J connectivity index is 1.98. The molecule has 1 aliphatic rings. The number of nitrogens with zero attached hydrogens (tertiary/aromatic N) is 1. The quantitative estimate of drug-likeness (QED) is 0.506. The van der Waals surface area contributed by atoms with Gasteiger partial charge in [0.05, 0.1) is 12.7 Å². The third-order valence-corrected chi connectivity index (χ3v) is 6.43. The first-order chi connectivity index (χ1) is 15.4. The number of anilines is 1. The van der Waals surface area contributed by atoms with Crippen LogP contribution in [0.5, 0.6) is 5.75 Å². The normalized spacial score (nSPS) is 21.2. The molecule has 6 nitrogen and oxygen atoms in total. The Morgan fingerprint density at radius 2 is 1.88 bits per heavy atom. The number of halogens is 3. The molecule has 2 rings (SSSR count). The highest BCUT2D eigenvalue weighted by Crippen LogP contribution is 2.34. The molecule has 1 aromatic carbocycles. The minimum Gasteiger partial charge on any atom is -0.497 e. The van der Waals surface area contributed by atoms with Gasteiger partial charge in [-0.25, -0.2) is 0 Å². The number of nitrogens with one attached hydrogen (secondary N) is 2. The van der Waals surface area contributed by atoms with E-state index in [2.05, 4.69) is 43.4 Å². The van der Waals surface area contributed by atoms with Crippen LogP contribution in [0.3, 0.4) is 0 Å². The number of alkyl halides is 3. The molecule has 0 spiro atoms. The van der Waals surface area contributed by atoms with Crippen molar-refractivity contribution in [3.8, 4) is 5.75 Å². The molecule has 3 atom stereocenters. The summed E-state index contributed by atoms with van der Waals surface area (Å²) in [5.74, 6) is -0.799. The smallest absolute Gasteiger partial charge is 0.416 e. The van der Waals surface area contributed by atoms with Gasteiger partial charge in [-0.15, -0.1) is 0 Å². The van der Waals surface area contributed by atoms with Crippen LogP contribution in [0, 0.1) is 5.92 Å². The summed E-state index contributed by atoms with van der Waals surface area (Å²) in [6, 6.07) is 3.87. The number of carbonyl (C=O) groups is 2.